The number of halogens is 1. The molecular weight excluding hydrogens is 255 g/mol. The van der Waals surface area contributed by atoms with Crippen molar-refractivity contribution in [2.75, 3.05) is 6.61 Å². The summed E-state index contributed by atoms with van der Waals surface area (Å²) in [7, 11) is 0. The van der Waals surface area contributed by atoms with Crippen LogP contribution in [0.15, 0.2) is 42.5 Å². The number of para-hydroxylation sites is 1. The van der Waals surface area contributed by atoms with Crippen molar-refractivity contribution in [1.82, 2.24) is 0 Å². The van der Waals surface area contributed by atoms with Crippen LogP contribution in [-0.4, -0.2) is 11.7 Å². The van der Waals surface area contributed by atoms with E-state index in [1.807, 2.05) is 31.2 Å². The van der Waals surface area contributed by atoms with Crippen molar-refractivity contribution in [3.05, 3.63) is 65.0 Å². The maximum atomic E-state index is 14.0. The van der Waals surface area contributed by atoms with Gasteiger partial charge in [-0.25, -0.2) is 4.39 Å². The molecule has 0 saturated heterocycles. The molecule has 1 aliphatic heterocycles. The molecule has 0 radical (unpaired) electrons. The van der Waals surface area contributed by atoms with Gasteiger partial charge in [-0.15, -0.1) is 0 Å². The van der Waals surface area contributed by atoms with Crippen LogP contribution in [0.3, 0.4) is 0 Å². The molecule has 0 aromatic heterocycles. The Morgan fingerprint density at radius 1 is 1.25 bits per heavy atom. The largest absolute Gasteiger partial charge is 0.493 e. The molecule has 0 aliphatic carbocycles. The van der Waals surface area contributed by atoms with E-state index in [4.69, 9.17) is 4.74 Å². The predicted molar refractivity (Wildman–Crippen MR) is 75.4 cm³/mol. The van der Waals surface area contributed by atoms with E-state index in [9.17, 15) is 9.50 Å². The van der Waals surface area contributed by atoms with Crippen molar-refractivity contribution in [2.24, 2.45) is 0 Å². The highest BCUT2D eigenvalue weighted by molar-refractivity contribution is 5.40. The number of fused-ring (bicyclic) bond motifs is 1. The summed E-state index contributed by atoms with van der Waals surface area (Å²) in [4.78, 5) is 0. The molecule has 1 heterocycles. The highest BCUT2D eigenvalue weighted by atomic mass is 19.1. The smallest absolute Gasteiger partial charge is 0.129 e. The SMILES string of the molecule is Cc1ccc(F)c(C(O)C2CCOc3ccccc32)c1. The first kappa shape index (κ1) is 13.1. The number of aliphatic hydroxyl groups is 1. The van der Waals surface area contributed by atoms with E-state index in [2.05, 4.69) is 0 Å². The van der Waals surface area contributed by atoms with Crippen molar-refractivity contribution in [3.8, 4) is 5.75 Å². The zero-order valence-electron chi connectivity index (χ0n) is 11.3. The van der Waals surface area contributed by atoms with Gasteiger partial charge in [0.2, 0.25) is 0 Å². The second-order valence-electron chi connectivity index (χ2n) is 5.25. The molecule has 20 heavy (non-hydrogen) atoms. The van der Waals surface area contributed by atoms with Crippen molar-refractivity contribution in [3.63, 3.8) is 0 Å². The summed E-state index contributed by atoms with van der Waals surface area (Å²) in [5, 5.41) is 10.6. The van der Waals surface area contributed by atoms with Crippen molar-refractivity contribution in [2.45, 2.75) is 25.4 Å². The lowest BCUT2D eigenvalue weighted by Crippen LogP contribution is -2.20. The van der Waals surface area contributed by atoms with Gasteiger partial charge in [-0.3, -0.25) is 0 Å². The van der Waals surface area contributed by atoms with Crippen LogP contribution in [0, 0.1) is 12.7 Å². The zero-order valence-corrected chi connectivity index (χ0v) is 11.3. The molecule has 2 nitrogen and oxygen atoms in total. The Labute approximate surface area is 117 Å². The van der Waals surface area contributed by atoms with E-state index in [1.54, 1.807) is 12.1 Å². The van der Waals surface area contributed by atoms with Crippen LogP contribution in [0.4, 0.5) is 4.39 Å². The van der Waals surface area contributed by atoms with Gasteiger partial charge in [-0.1, -0.05) is 35.9 Å². The number of aliphatic hydroxyl groups excluding tert-OH is 1. The van der Waals surface area contributed by atoms with Crippen LogP contribution in [0.25, 0.3) is 0 Å². The van der Waals surface area contributed by atoms with Crippen molar-refractivity contribution >= 4 is 0 Å². The Balaban J connectivity index is 1.99. The van der Waals surface area contributed by atoms with Gasteiger partial charge in [0.05, 0.1) is 12.7 Å². The fourth-order valence-electron chi connectivity index (χ4n) is 2.80. The standard InChI is InChI=1S/C17H17FO2/c1-11-6-7-15(18)14(10-11)17(19)13-8-9-20-16-5-3-2-4-12(13)16/h2-7,10,13,17,19H,8-9H2,1H3. The molecule has 1 N–H and O–H groups in total. The van der Waals surface area contributed by atoms with Crippen LogP contribution < -0.4 is 4.74 Å². The van der Waals surface area contributed by atoms with Gasteiger partial charge < -0.3 is 9.84 Å². The number of aryl methyl sites for hydroxylation is 1. The molecule has 3 heteroatoms. The van der Waals surface area contributed by atoms with Crippen LogP contribution >= 0.6 is 0 Å². The minimum Gasteiger partial charge on any atom is -0.493 e. The van der Waals surface area contributed by atoms with Crippen LogP contribution in [0.1, 0.15) is 35.1 Å². The lowest BCUT2D eigenvalue weighted by molar-refractivity contribution is 0.114. The van der Waals surface area contributed by atoms with Crippen LogP contribution in [0.2, 0.25) is 0 Å². The molecule has 3 rings (SSSR count). The summed E-state index contributed by atoms with van der Waals surface area (Å²) in [6.07, 6.45) is -0.161. The minimum atomic E-state index is -0.847. The highest BCUT2D eigenvalue weighted by Crippen LogP contribution is 2.41. The van der Waals surface area contributed by atoms with Gasteiger partial charge in [0, 0.05) is 17.0 Å². The topological polar surface area (TPSA) is 29.5 Å². The maximum Gasteiger partial charge on any atom is 0.129 e. The second-order valence-corrected chi connectivity index (χ2v) is 5.25. The molecule has 0 fully saturated rings. The maximum absolute atomic E-state index is 14.0. The minimum absolute atomic E-state index is 0.128. The summed E-state index contributed by atoms with van der Waals surface area (Å²) in [6.45, 7) is 2.44. The first-order chi connectivity index (χ1) is 9.66. The average Bonchev–Trinajstić information content (AvgIpc) is 2.48. The normalized spacial score (nSPS) is 19.1. The Hall–Kier alpha value is -1.87. The molecule has 104 valence electrons. The highest BCUT2D eigenvalue weighted by Gasteiger charge is 2.30. The first-order valence-electron chi connectivity index (χ1n) is 6.82. The molecule has 2 aromatic rings. The monoisotopic (exact) mass is 272 g/mol. The third-order valence-corrected chi connectivity index (χ3v) is 3.86. The average molecular weight is 272 g/mol. The molecule has 0 bridgehead atoms. The summed E-state index contributed by atoms with van der Waals surface area (Å²) in [5.41, 5.74) is 2.26. The molecular formula is C17H17FO2. The van der Waals surface area contributed by atoms with E-state index in [0.29, 0.717) is 18.6 Å². The lowest BCUT2D eigenvalue weighted by Gasteiger charge is -2.30. The predicted octanol–water partition coefficient (Wildman–Crippen LogP) is 3.73. The quantitative estimate of drug-likeness (QED) is 0.902. The number of ether oxygens (including phenoxy) is 1. The molecule has 0 saturated carbocycles. The Bertz CT molecular complexity index is 624. The van der Waals surface area contributed by atoms with Gasteiger partial charge in [0.15, 0.2) is 0 Å². The third kappa shape index (κ3) is 2.29. The summed E-state index contributed by atoms with van der Waals surface area (Å²) >= 11 is 0. The molecule has 2 atom stereocenters. The van der Waals surface area contributed by atoms with E-state index in [0.717, 1.165) is 16.9 Å². The van der Waals surface area contributed by atoms with Gasteiger partial charge in [0.1, 0.15) is 11.6 Å². The van der Waals surface area contributed by atoms with E-state index in [1.165, 1.54) is 6.07 Å². The Morgan fingerprint density at radius 3 is 2.90 bits per heavy atom. The van der Waals surface area contributed by atoms with Gasteiger partial charge in [-0.2, -0.15) is 0 Å². The van der Waals surface area contributed by atoms with Crippen molar-refractivity contribution in [1.29, 1.82) is 0 Å². The van der Waals surface area contributed by atoms with Gasteiger partial charge in [0.25, 0.3) is 0 Å². The van der Waals surface area contributed by atoms with Crippen LogP contribution in [0.5, 0.6) is 5.75 Å². The number of benzene rings is 2. The zero-order chi connectivity index (χ0) is 14.1. The fraction of sp³-hybridized carbons (Fsp3) is 0.294. The Kier molecular flexibility index (Phi) is 3.45. The van der Waals surface area contributed by atoms with Gasteiger partial charge in [-0.05, 0) is 25.5 Å². The second kappa shape index (κ2) is 5.25. The molecule has 0 amide bonds. The number of rotatable bonds is 2. The molecule has 2 aromatic carbocycles. The number of hydrogen-bond donors (Lipinski definition) is 1. The summed E-state index contributed by atoms with van der Waals surface area (Å²) in [5.74, 6) is 0.305. The fourth-order valence-corrected chi connectivity index (χ4v) is 2.80. The molecule has 1 aliphatic rings. The first-order valence-corrected chi connectivity index (χ1v) is 6.82. The lowest BCUT2D eigenvalue weighted by atomic mass is 9.84. The van der Waals surface area contributed by atoms with E-state index < -0.39 is 6.10 Å². The van der Waals surface area contributed by atoms with E-state index in [-0.39, 0.29) is 11.7 Å². The summed E-state index contributed by atoms with van der Waals surface area (Å²) < 4.78 is 19.5. The third-order valence-electron chi connectivity index (χ3n) is 3.86. The van der Waals surface area contributed by atoms with Crippen LogP contribution in [-0.2, 0) is 0 Å². The van der Waals surface area contributed by atoms with Crippen molar-refractivity contribution < 1.29 is 14.2 Å². The van der Waals surface area contributed by atoms with E-state index >= 15 is 0 Å². The molecule has 2 unspecified atom stereocenters. The molecule has 0 spiro atoms. The summed E-state index contributed by atoms with van der Waals surface area (Å²) in [6, 6.07) is 12.5. The number of hydrogen-bond acceptors (Lipinski definition) is 2. The van der Waals surface area contributed by atoms with Gasteiger partial charge >= 0.3 is 0 Å². The Morgan fingerprint density at radius 2 is 2.05 bits per heavy atom.